The van der Waals surface area contributed by atoms with Gasteiger partial charge >= 0.3 is 0 Å². The molecule has 35 heavy (non-hydrogen) atoms. The van der Waals surface area contributed by atoms with Crippen molar-refractivity contribution in [3.05, 3.63) is 54.4 Å². The van der Waals surface area contributed by atoms with E-state index < -0.39 is 23.0 Å². The van der Waals surface area contributed by atoms with Gasteiger partial charge in [0.05, 0.1) is 47.0 Å². The van der Waals surface area contributed by atoms with Gasteiger partial charge < -0.3 is 15.2 Å². The minimum atomic E-state index is -0.790. The van der Waals surface area contributed by atoms with Crippen LogP contribution in [0.4, 0.5) is 11.5 Å². The average molecular weight is 470 g/mol. The second-order valence-electron chi connectivity index (χ2n) is 9.62. The summed E-state index contributed by atoms with van der Waals surface area (Å²) < 4.78 is 12.3. The average Bonchev–Trinajstić information content (AvgIpc) is 3.43. The summed E-state index contributed by atoms with van der Waals surface area (Å²) in [7, 11) is 0. The molecule has 1 aromatic heterocycles. The molecule has 3 saturated heterocycles. The van der Waals surface area contributed by atoms with Gasteiger partial charge in [-0.2, -0.15) is 5.26 Å². The lowest BCUT2D eigenvalue weighted by molar-refractivity contribution is -0.131. The Balaban J connectivity index is 1.34. The van der Waals surface area contributed by atoms with E-state index >= 15 is 0 Å². The van der Waals surface area contributed by atoms with Crippen molar-refractivity contribution in [2.75, 3.05) is 17.2 Å². The number of carbonyl (C=O) groups excluding carboxylic acids is 2. The Morgan fingerprint density at radius 3 is 2.69 bits per heavy atom. The van der Waals surface area contributed by atoms with Crippen molar-refractivity contribution in [3.63, 3.8) is 0 Å². The van der Waals surface area contributed by atoms with Crippen LogP contribution in [0.2, 0.25) is 0 Å². The van der Waals surface area contributed by atoms with Crippen LogP contribution in [0.25, 0.3) is 10.8 Å². The molecule has 3 aromatic rings. The number of amides is 2. The van der Waals surface area contributed by atoms with E-state index in [0.29, 0.717) is 53.0 Å². The highest BCUT2D eigenvalue weighted by Crippen LogP contribution is 2.62. The van der Waals surface area contributed by atoms with Crippen LogP contribution in [0.3, 0.4) is 0 Å². The molecule has 4 atom stereocenters. The topological polar surface area (TPSA) is 131 Å². The fraction of sp³-hybridized carbons (Fsp3) is 0.346. The number of aromatic nitrogens is 2. The lowest BCUT2D eigenvalue weighted by atomic mass is 9.67. The van der Waals surface area contributed by atoms with Crippen LogP contribution in [0.1, 0.15) is 31.7 Å². The molecule has 3 aliphatic rings. The van der Waals surface area contributed by atoms with Crippen LogP contribution < -0.4 is 15.4 Å². The normalized spacial score (nSPS) is 29.0. The summed E-state index contributed by atoms with van der Waals surface area (Å²) in [6, 6.07) is 14.4. The van der Waals surface area contributed by atoms with Gasteiger partial charge in [-0.25, -0.2) is 14.9 Å². The quantitative estimate of drug-likeness (QED) is 0.564. The fourth-order valence-corrected chi connectivity index (χ4v) is 6.18. The molecule has 3 fully saturated rings. The molecule has 0 saturated carbocycles. The molecule has 4 heterocycles. The van der Waals surface area contributed by atoms with Gasteiger partial charge in [-0.05, 0) is 31.9 Å². The first-order valence-corrected chi connectivity index (χ1v) is 11.6. The molecule has 2 amide bonds. The minimum absolute atomic E-state index is 0.247. The SMILES string of the molecule is CC12CCC(CCOc3cc(N)ncn3)(O1)C1C(=O)N(c3ccc(C#N)c4ccccc34)C(=O)C12. The lowest BCUT2D eigenvalue weighted by Crippen LogP contribution is -2.43. The second kappa shape index (κ2) is 7.48. The van der Waals surface area contributed by atoms with Gasteiger partial charge in [0.2, 0.25) is 17.7 Å². The molecule has 9 nitrogen and oxygen atoms in total. The summed E-state index contributed by atoms with van der Waals surface area (Å²) in [5.41, 5.74) is 5.20. The lowest BCUT2D eigenvalue weighted by Gasteiger charge is -2.31. The Labute approximate surface area is 201 Å². The molecule has 0 spiro atoms. The van der Waals surface area contributed by atoms with E-state index in [2.05, 4.69) is 16.0 Å². The van der Waals surface area contributed by atoms with Crippen molar-refractivity contribution >= 4 is 34.1 Å². The molecule has 2 N–H and O–H groups in total. The summed E-state index contributed by atoms with van der Waals surface area (Å²) in [5.74, 6) is -1.01. The first-order valence-electron chi connectivity index (χ1n) is 11.6. The Kier molecular flexibility index (Phi) is 4.60. The molecule has 0 radical (unpaired) electrons. The van der Waals surface area contributed by atoms with Crippen molar-refractivity contribution in [2.45, 2.75) is 37.4 Å². The van der Waals surface area contributed by atoms with Gasteiger partial charge in [0.25, 0.3) is 0 Å². The van der Waals surface area contributed by atoms with E-state index in [-0.39, 0.29) is 18.4 Å². The van der Waals surface area contributed by atoms with Crippen LogP contribution in [0, 0.1) is 23.2 Å². The third-order valence-corrected chi connectivity index (χ3v) is 7.71. The highest BCUT2D eigenvalue weighted by molar-refractivity contribution is 6.26. The molecular formula is C26H23N5O4. The summed E-state index contributed by atoms with van der Waals surface area (Å²) in [4.78, 5) is 36.9. The smallest absolute Gasteiger partial charge is 0.240 e. The first-order chi connectivity index (χ1) is 16.9. The van der Waals surface area contributed by atoms with Crippen LogP contribution in [-0.4, -0.2) is 39.6 Å². The number of fused-ring (bicyclic) bond motifs is 6. The number of anilines is 2. The Morgan fingerprint density at radius 1 is 1.14 bits per heavy atom. The Bertz CT molecular complexity index is 1430. The second-order valence-corrected chi connectivity index (χ2v) is 9.62. The van der Waals surface area contributed by atoms with E-state index in [0.717, 1.165) is 0 Å². The number of ether oxygens (including phenoxy) is 2. The third-order valence-electron chi connectivity index (χ3n) is 7.71. The zero-order chi connectivity index (χ0) is 24.4. The summed E-state index contributed by atoms with van der Waals surface area (Å²) >= 11 is 0. The van der Waals surface area contributed by atoms with E-state index in [1.165, 1.54) is 17.3 Å². The third kappa shape index (κ3) is 3.03. The fourth-order valence-electron chi connectivity index (χ4n) is 6.18. The number of hydrogen-bond donors (Lipinski definition) is 1. The summed E-state index contributed by atoms with van der Waals surface area (Å²) in [6.07, 6.45) is 3.13. The molecule has 176 valence electrons. The van der Waals surface area contributed by atoms with Crippen LogP contribution >= 0.6 is 0 Å². The Hall–Kier alpha value is -4.03. The molecule has 2 bridgehead atoms. The molecule has 2 aromatic carbocycles. The van der Waals surface area contributed by atoms with Crippen LogP contribution in [-0.2, 0) is 14.3 Å². The van der Waals surface area contributed by atoms with Gasteiger partial charge in [0.1, 0.15) is 12.1 Å². The number of imide groups is 1. The number of rotatable bonds is 5. The van der Waals surface area contributed by atoms with Crippen LogP contribution in [0.5, 0.6) is 5.88 Å². The number of benzene rings is 2. The van der Waals surface area contributed by atoms with Gasteiger partial charge in [0, 0.05) is 23.3 Å². The zero-order valence-corrected chi connectivity index (χ0v) is 19.1. The molecular weight excluding hydrogens is 446 g/mol. The van der Waals surface area contributed by atoms with E-state index in [9.17, 15) is 14.9 Å². The maximum Gasteiger partial charge on any atom is 0.240 e. The van der Waals surface area contributed by atoms with Crippen molar-refractivity contribution in [1.82, 2.24) is 9.97 Å². The Morgan fingerprint density at radius 2 is 1.91 bits per heavy atom. The summed E-state index contributed by atoms with van der Waals surface area (Å²) in [5, 5.41) is 10.9. The standard InChI is InChI=1S/C26H23N5O4/c1-25-8-9-26(35-25,10-11-34-20-12-19(28)29-14-30-20)22-21(25)23(32)31(24(22)33)18-7-6-15(13-27)16-4-2-3-5-17(16)18/h2-7,12,14,21-22H,8-11H2,1H3,(H2,28,29,30). The van der Waals surface area contributed by atoms with Crippen molar-refractivity contribution in [1.29, 1.82) is 5.26 Å². The maximum atomic E-state index is 13.9. The first kappa shape index (κ1) is 21.5. The number of nitrogen functional groups attached to an aromatic ring is 1. The predicted octanol–water partition coefficient (Wildman–Crippen LogP) is 2.98. The molecule has 6 rings (SSSR count). The monoisotopic (exact) mass is 469 g/mol. The molecule has 0 aliphatic carbocycles. The minimum Gasteiger partial charge on any atom is -0.477 e. The van der Waals surface area contributed by atoms with Crippen molar-refractivity contribution in [2.24, 2.45) is 11.8 Å². The molecule has 4 unspecified atom stereocenters. The summed E-state index contributed by atoms with van der Waals surface area (Å²) in [6.45, 7) is 2.19. The highest BCUT2D eigenvalue weighted by Gasteiger charge is 2.73. The number of carbonyl (C=O) groups is 2. The number of hydrogen-bond acceptors (Lipinski definition) is 8. The van der Waals surface area contributed by atoms with Gasteiger partial charge in [0.15, 0.2) is 0 Å². The van der Waals surface area contributed by atoms with Crippen molar-refractivity contribution in [3.8, 4) is 11.9 Å². The van der Waals surface area contributed by atoms with E-state index in [1.54, 1.807) is 12.1 Å². The number of nitrogens with zero attached hydrogens (tertiary/aromatic N) is 4. The van der Waals surface area contributed by atoms with E-state index in [4.69, 9.17) is 15.2 Å². The zero-order valence-electron chi connectivity index (χ0n) is 19.1. The number of nitrogens with two attached hydrogens (primary N) is 1. The van der Waals surface area contributed by atoms with Gasteiger partial charge in [-0.1, -0.05) is 24.3 Å². The van der Waals surface area contributed by atoms with Gasteiger partial charge in [-0.15, -0.1) is 0 Å². The van der Waals surface area contributed by atoms with Crippen LogP contribution in [0.15, 0.2) is 48.8 Å². The van der Waals surface area contributed by atoms with Crippen molar-refractivity contribution < 1.29 is 19.1 Å². The highest BCUT2D eigenvalue weighted by atomic mass is 16.5. The van der Waals surface area contributed by atoms with Gasteiger partial charge in [-0.3, -0.25) is 9.59 Å². The maximum absolute atomic E-state index is 13.9. The molecule has 9 heteroatoms. The largest absolute Gasteiger partial charge is 0.477 e. The molecule has 3 aliphatic heterocycles. The van der Waals surface area contributed by atoms with E-state index in [1.807, 2.05) is 31.2 Å². The number of nitriles is 1. The predicted molar refractivity (Wildman–Crippen MR) is 126 cm³/mol.